The first-order valence-electron chi connectivity index (χ1n) is 5.34. The van der Waals surface area contributed by atoms with Crippen molar-refractivity contribution >= 4 is 11.5 Å². The Bertz CT molecular complexity index is 447. The van der Waals surface area contributed by atoms with Crippen molar-refractivity contribution in [2.24, 2.45) is 5.41 Å². The highest BCUT2D eigenvalue weighted by molar-refractivity contribution is 5.75. The molecule has 4 heteroatoms. The summed E-state index contributed by atoms with van der Waals surface area (Å²) in [6.45, 7) is 5.85. The average Bonchev–Trinajstić information content (AvgIpc) is 2.15. The lowest BCUT2D eigenvalue weighted by atomic mass is 9.82. The third-order valence-corrected chi connectivity index (χ3v) is 2.30. The van der Waals surface area contributed by atoms with Gasteiger partial charge in [-0.05, 0) is 22.6 Å². The van der Waals surface area contributed by atoms with Crippen LogP contribution in [0.15, 0.2) is 24.5 Å². The lowest BCUT2D eigenvalue weighted by Gasteiger charge is -2.23. The number of pyridine rings is 1. The minimum Gasteiger partial charge on any atom is -0.481 e. The lowest BCUT2D eigenvalue weighted by molar-refractivity contribution is -0.135. The number of aromatic nitrogens is 1. The molecule has 0 radical (unpaired) electrons. The Kier molecular flexibility index (Phi) is 3.99. The molecule has 1 N–H and O–H groups in total. The van der Waals surface area contributed by atoms with Gasteiger partial charge in [0.15, 0.2) is 0 Å². The minimum absolute atomic E-state index is 0.0802. The van der Waals surface area contributed by atoms with Crippen LogP contribution in [0, 0.1) is 11.2 Å². The van der Waals surface area contributed by atoms with E-state index >= 15 is 0 Å². The van der Waals surface area contributed by atoms with Gasteiger partial charge in [0.05, 0.1) is 12.6 Å². The van der Waals surface area contributed by atoms with E-state index in [1.165, 1.54) is 6.07 Å². The maximum absolute atomic E-state index is 13.1. The SMILES string of the molecule is CC(C)(C)C(=CCC(=O)O)c1cncc(F)c1. The Morgan fingerprint density at radius 1 is 1.47 bits per heavy atom. The first kappa shape index (κ1) is 13.4. The van der Waals surface area contributed by atoms with Crippen molar-refractivity contribution in [1.82, 2.24) is 4.98 Å². The van der Waals surface area contributed by atoms with E-state index in [0.717, 1.165) is 11.8 Å². The van der Waals surface area contributed by atoms with Crippen LogP contribution in [0.3, 0.4) is 0 Å². The van der Waals surface area contributed by atoms with Crippen LogP contribution in [0.1, 0.15) is 32.8 Å². The second kappa shape index (κ2) is 5.08. The van der Waals surface area contributed by atoms with E-state index in [1.807, 2.05) is 20.8 Å². The number of hydrogen-bond acceptors (Lipinski definition) is 2. The Hall–Kier alpha value is -1.71. The molecule has 0 unspecified atom stereocenters. The first-order valence-corrected chi connectivity index (χ1v) is 5.34. The molecule has 0 saturated carbocycles. The predicted octanol–water partition coefficient (Wildman–Crippen LogP) is 3.12. The van der Waals surface area contributed by atoms with Gasteiger partial charge < -0.3 is 5.11 Å². The molecule has 1 aromatic heterocycles. The Labute approximate surface area is 100 Å². The fourth-order valence-corrected chi connectivity index (χ4v) is 1.61. The fraction of sp³-hybridized carbons (Fsp3) is 0.385. The van der Waals surface area contributed by atoms with Gasteiger partial charge in [0, 0.05) is 6.20 Å². The van der Waals surface area contributed by atoms with Gasteiger partial charge in [-0.15, -0.1) is 0 Å². The zero-order chi connectivity index (χ0) is 13.1. The Balaban J connectivity index is 3.16. The van der Waals surface area contributed by atoms with E-state index in [-0.39, 0.29) is 11.8 Å². The summed E-state index contributed by atoms with van der Waals surface area (Å²) < 4.78 is 13.1. The Morgan fingerprint density at radius 2 is 2.12 bits per heavy atom. The van der Waals surface area contributed by atoms with Crippen LogP contribution < -0.4 is 0 Å². The summed E-state index contributed by atoms with van der Waals surface area (Å²) in [4.78, 5) is 14.4. The van der Waals surface area contributed by atoms with Crippen LogP contribution in [-0.4, -0.2) is 16.1 Å². The van der Waals surface area contributed by atoms with Crippen molar-refractivity contribution in [3.05, 3.63) is 35.9 Å². The van der Waals surface area contributed by atoms with E-state index in [0.29, 0.717) is 5.56 Å². The smallest absolute Gasteiger partial charge is 0.307 e. The van der Waals surface area contributed by atoms with Gasteiger partial charge in [0.1, 0.15) is 5.82 Å². The van der Waals surface area contributed by atoms with Crippen molar-refractivity contribution in [2.45, 2.75) is 27.2 Å². The molecule has 0 aliphatic rings. The van der Waals surface area contributed by atoms with Crippen molar-refractivity contribution in [1.29, 1.82) is 0 Å². The number of halogens is 1. The highest BCUT2D eigenvalue weighted by atomic mass is 19.1. The summed E-state index contributed by atoms with van der Waals surface area (Å²) in [6.07, 6.45) is 4.20. The van der Waals surface area contributed by atoms with Gasteiger partial charge >= 0.3 is 5.97 Å². The number of carboxylic acids is 1. The third-order valence-electron chi connectivity index (χ3n) is 2.30. The first-order chi connectivity index (χ1) is 7.80. The van der Waals surface area contributed by atoms with Crippen LogP contribution in [0.25, 0.3) is 5.57 Å². The van der Waals surface area contributed by atoms with Crippen molar-refractivity contribution in [3.63, 3.8) is 0 Å². The minimum atomic E-state index is -0.906. The van der Waals surface area contributed by atoms with Crippen LogP contribution in [0.5, 0.6) is 0 Å². The van der Waals surface area contributed by atoms with E-state index in [1.54, 1.807) is 12.3 Å². The van der Waals surface area contributed by atoms with Gasteiger partial charge in [0.2, 0.25) is 0 Å². The summed E-state index contributed by atoms with van der Waals surface area (Å²) in [5, 5.41) is 8.70. The molecule has 1 aromatic rings. The van der Waals surface area contributed by atoms with Gasteiger partial charge in [0.25, 0.3) is 0 Å². The normalized spacial score (nSPS) is 12.6. The van der Waals surface area contributed by atoms with Crippen molar-refractivity contribution in [3.8, 4) is 0 Å². The second-order valence-corrected chi connectivity index (χ2v) is 4.86. The maximum atomic E-state index is 13.1. The molecule has 92 valence electrons. The predicted molar refractivity (Wildman–Crippen MR) is 63.9 cm³/mol. The molecule has 0 bridgehead atoms. The molecule has 0 spiro atoms. The lowest BCUT2D eigenvalue weighted by Crippen LogP contribution is -2.10. The molecule has 17 heavy (non-hydrogen) atoms. The van der Waals surface area contributed by atoms with E-state index in [2.05, 4.69) is 4.98 Å². The molecule has 0 atom stereocenters. The van der Waals surface area contributed by atoms with Crippen LogP contribution in [0.2, 0.25) is 0 Å². The topological polar surface area (TPSA) is 50.2 Å². The summed E-state index contributed by atoms with van der Waals surface area (Å²) in [7, 11) is 0. The van der Waals surface area contributed by atoms with Crippen molar-refractivity contribution in [2.75, 3.05) is 0 Å². The van der Waals surface area contributed by atoms with Gasteiger partial charge in [-0.1, -0.05) is 26.8 Å². The molecule has 0 amide bonds. The summed E-state index contributed by atoms with van der Waals surface area (Å²) in [6, 6.07) is 1.37. The fourth-order valence-electron chi connectivity index (χ4n) is 1.61. The maximum Gasteiger partial charge on any atom is 0.307 e. The summed E-state index contributed by atoms with van der Waals surface area (Å²) in [5.74, 6) is -1.33. The quantitative estimate of drug-likeness (QED) is 0.878. The van der Waals surface area contributed by atoms with Gasteiger partial charge in [-0.25, -0.2) is 4.39 Å². The number of aliphatic carboxylic acids is 1. The molecule has 0 saturated heterocycles. The second-order valence-electron chi connectivity index (χ2n) is 4.86. The number of carboxylic acid groups (broad SMARTS) is 1. The number of carbonyl (C=O) groups is 1. The molecule has 3 nitrogen and oxygen atoms in total. The van der Waals surface area contributed by atoms with Gasteiger partial charge in [-0.2, -0.15) is 0 Å². The highest BCUT2D eigenvalue weighted by Crippen LogP contribution is 2.34. The van der Waals surface area contributed by atoms with Gasteiger partial charge in [-0.3, -0.25) is 9.78 Å². The Morgan fingerprint density at radius 3 is 2.59 bits per heavy atom. The largest absolute Gasteiger partial charge is 0.481 e. The zero-order valence-electron chi connectivity index (χ0n) is 10.2. The molecular formula is C13H16FNO2. The van der Waals surface area contributed by atoms with E-state index in [4.69, 9.17) is 5.11 Å². The standard InChI is InChI=1S/C13H16FNO2/c1-13(2,3)11(4-5-12(16)17)9-6-10(14)8-15-7-9/h4,6-8H,5H2,1-3H3,(H,16,17). The average molecular weight is 237 g/mol. The molecule has 0 aliphatic carbocycles. The number of allylic oxidation sites excluding steroid dienone is 1. The summed E-state index contributed by atoms with van der Waals surface area (Å²) >= 11 is 0. The van der Waals surface area contributed by atoms with E-state index < -0.39 is 11.8 Å². The van der Waals surface area contributed by atoms with Crippen LogP contribution >= 0.6 is 0 Å². The molecule has 1 rings (SSSR count). The van der Waals surface area contributed by atoms with Crippen molar-refractivity contribution < 1.29 is 14.3 Å². The zero-order valence-corrected chi connectivity index (χ0v) is 10.2. The highest BCUT2D eigenvalue weighted by Gasteiger charge is 2.19. The number of rotatable bonds is 3. The monoisotopic (exact) mass is 237 g/mol. The molecule has 0 aromatic carbocycles. The van der Waals surface area contributed by atoms with Crippen LogP contribution in [-0.2, 0) is 4.79 Å². The van der Waals surface area contributed by atoms with Crippen LogP contribution in [0.4, 0.5) is 4.39 Å². The summed E-state index contributed by atoms with van der Waals surface area (Å²) in [5.41, 5.74) is 1.15. The molecule has 0 fully saturated rings. The molecule has 0 aliphatic heterocycles. The van der Waals surface area contributed by atoms with E-state index in [9.17, 15) is 9.18 Å². The number of nitrogens with zero attached hydrogens (tertiary/aromatic N) is 1. The number of hydrogen-bond donors (Lipinski definition) is 1. The molecule has 1 heterocycles. The third kappa shape index (κ3) is 3.98. The molecular weight excluding hydrogens is 221 g/mol.